The molecule has 0 spiro atoms. The number of benzene rings is 1. The van der Waals surface area contributed by atoms with E-state index in [2.05, 4.69) is 15.6 Å². The normalized spacial score (nSPS) is 20.4. The molecule has 0 radical (unpaired) electrons. The average molecular weight is 458 g/mol. The second-order valence-corrected chi connectivity index (χ2v) is 8.61. The first-order valence-electron chi connectivity index (χ1n) is 11.0. The highest BCUT2D eigenvalue weighted by atomic mass is 19.4. The summed E-state index contributed by atoms with van der Waals surface area (Å²) in [5.41, 5.74) is 1.03. The third kappa shape index (κ3) is 4.30. The highest BCUT2D eigenvalue weighted by molar-refractivity contribution is 5.81. The molecule has 174 valence electrons. The maximum atomic E-state index is 13.0. The number of hydrogen-bond acceptors (Lipinski definition) is 5. The number of rotatable bonds is 5. The molecule has 1 aliphatic rings. The van der Waals surface area contributed by atoms with Crippen molar-refractivity contribution in [3.63, 3.8) is 0 Å². The third-order valence-electron chi connectivity index (χ3n) is 6.38. The van der Waals surface area contributed by atoms with E-state index in [0.717, 1.165) is 48.4 Å². The first-order valence-corrected chi connectivity index (χ1v) is 11.0. The van der Waals surface area contributed by atoms with Crippen LogP contribution in [0.4, 0.5) is 19.0 Å². The molecular formula is C24H25F3N4O2. The molecule has 1 saturated carbocycles. The minimum absolute atomic E-state index is 0.117. The van der Waals surface area contributed by atoms with Crippen molar-refractivity contribution in [2.45, 2.75) is 57.1 Å². The number of aryl methyl sites for hydroxylation is 1. The molecule has 3 heterocycles. The van der Waals surface area contributed by atoms with Crippen LogP contribution in [0.5, 0.6) is 0 Å². The van der Waals surface area contributed by atoms with Gasteiger partial charge in [0.2, 0.25) is 0 Å². The van der Waals surface area contributed by atoms with Gasteiger partial charge in [0.15, 0.2) is 17.7 Å². The average Bonchev–Trinajstić information content (AvgIpc) is 3.38. The number of hydrogen-bond donors (Lipinski definition) is 3. The predicted molar refractivity (Wildman–Crippen MR) is 119 cm³/mol. The lowest BCUT2D eigenvalue weighted by molar-refractivity contribution is -0.140. The number of nitrogens with zero attached hydrogens (tertiary/aromatic N) is 2. The predicted octanol–water partition coefficient (Wildman–Crippen LogP) is 5.41. The number of pyridine rings is 1. The summed E-state index contributed by atoms with van der Waals surface area (Å²) >= 11 is 0. The van der Waals surface area contributed by atoms with E-state index >= 15 is 0 Å². The van der Waals surface area contributed by atoms with Crippen LogP contribution in [0.25, 0.3) is 16.6 Å². The standard InChI is InChI=1S/C24H25F3N4O2/c1-14-17-5-2-3-6-18(17)33-22(14)23(32)29-16-11-9-15(10-12-16)28-20-7-4-8-21-30-19(13-31(20)21)24(25,26)27/h2-8,13,15-16,23,28-29,32H,9-12H2,1H3. The lowest BCUT2D eigenvalue weighted by Crippen LogP contribution is -2.39. The van der Waals surface area contributed by atoms with E-state index in [1.807, 2.05) is 31.2 Å². The van der Waals surface area contributed by atoms with Crippen molar-refractivity contribution in [2.75, 3.05) is 5.32 Å². The molecule has 1 aliphatic carbocycles. The molecule has 4 aromatic rings. The maximum Gasteiger partial charge on any atom is 0.434 e. The van der Waals surface area contributed by atoms with Crippen LogP contribution >= 0.6 is 0 Å². The molecular weight excluding hydrogens is 433 g/mol. The molecule has 3 N–H and O–H groups in total. The Bertz CT molecular complexity index is 1270. The number of aliphatic hydroxyl groups excluding tert-OH is 1. The Kier molecular flexibility index (Phi) is 5.54. The summed E-state index contributed by atoms with van der Waals surface area (Å²) in [5.74, 6) is 1.12. The van der Waals surface area contributed by atoms with Gasteiger partial charge < -0.3 is 14.8 Å². The van der Waals surface area contributed by atoms with E-state index < -0.39 is 18.1 Å². The number of aliphatic hydroxyl groups is 1. The molecule has 1 fully saturated rings. The number of aromatic nitrogens is 2. The van der Waals surface area contributed by atoms with Gasteiger partial charge in [0, 0.05) is 29.2 Å². The number of fused-ring (bicyclic) bond motifs is 2. The molecule has 0 amide bonds. The number of imidazole rings is 1. The summed E-state index contributed by atoms with van der Waals surface area (Å²) in [6.45, 7) is 1.94. The van der Waals surface area contributed by atoms with Gasteiger partial charge in [-0.05, 0) is 50.8 Å². The quantitative estimate of drug-likeness (QED) is 0.349. The van der Waals surface area contributed by atoms with Crippen LogP contribution in [0.1, 0.15) is 48.9 Å². The van der Waals surface area contributed by atoms with E-state index in [9.17, 15) is 18.3 Å². The van der Waals surface area contributed by atoms with Crippen molar-refractivity contribution in [1.29, 1.82) is 0 Å². The number of para-hydroxylation sites is 1. The van der Waals surface area contributed by atoms with Crippen molar-refractivity contribution >= 4 is 22.4 Å². The third-order valence-corrected chi connectivity index (χ3v) is 6.38. The smallest absolute Gasteiger partial charge is 0.434 e. The van der Waals surface area contributed by atoms with Crippen LogP contribution in [-0.4, -0.2) is 26.6 Å². The molecule has 1 atom stereocenters. The first kappa shape index (κ1) is 21.8. The van der Waals surface area contributed by atoms with Crippen molar-refractivity contribution in [3.8, 4) is 0 Å². The van der Waals surface area contributed by atoms with Crippen molar-refractivity contribution in [1.82, 2.24) is 14.7 Å². The van der Waals surface area contributed by atoms with Crippen LogP contribution in [0.3, 0.4) is 0 Å². The summed E-state index contributed by atoms with van der Waals surface area (Å²) in [5, 5.41) is 18.3. The molecule has 1 aromatic carbocycles. The molecule has 33 heavy (non-hydrogen) atoms. The Morgan fingerprint density at radius 3 is 2.52 bits per heavy atom. The molecule has 3 aromatic heterocycles. The summed E-state index contributed by atoms with van der Waals surface area (Å²) in [4.78, 5) is 3.69. The van der Waals surface area contributed by atoms with Crippen molar-refractivity contribution < 1.29 is 22.7 Å². The molecule has 1 unspecified atom stereocenters. The Labute approximate surface area is 188 Å². The van der Waals surface area contributed by atoms with Crippen LogP contribution in [0, 0.1) is 6.92 Å². The molecule has 9 heteroatoms. The van der Waals surface area contributed by atoms with Gasteiger partial charge in [-0.2, -0.15) is 13.2 Å². The Hall–Kier alpha value is -3.04. The zero-order chi connectivity index (χ0) is 23.2. The van der Waals surface area contributed by atoms with Crippen molar-refractivity contribution in [2.24, 2.45) is 0 Å². The van der Waals surface area contributed by atoms with Gasteiger partial charge in [0.25, 0.3) is 0 Å². The summed E-state index contributed by atoms with van der Waals surface area (Å²) in [7, 11) is 0. The number of nitrogens with one attached hydrogen (secondary N) is 2. The maximum absolute atomic E-state index is 13.0. The Balaban J connectivity index is 1.22. The van der Waals surface area contributed by atoms with Crippen LogP contribution in [-0.2, 0) is 6.18 Å². The van der Waals surface area contributed by atoms with Gasteiger partial charge in [-0.15, -0.1) is 0 Å². The minimum atomic E-state index is -4.48. The fourth-order valence-corrected chi connectivity index (χ4v) is 4.63. The van der Waals surface area contributed by atoms with Crippen molar-refractivity contribution in [3.05, 3.63) is 65.7 Å². The number of halogens is 3. The topological polar surface area (TPSA) is 74.7 Å². The van der Waals surface area contributed by atoms with Gasteiger partial charge in [-0.3, -0.25) is 9.72 Å². The second-order valence-electron chi connectivity index (χ2n) is 8.61. The van der Waals surface area contributed by atoms with E-state index in [-0.39, 0.29) is 17.7 Å². The highest BCUT2D eigenvalue weighted by Gasteiger charge is 2.34. The summed E-state index contributed by atoms with van der Waals surface area (Å²) in [6, 6.07) is 12.9. The Morgan fingerprint density at radius 1 is 1.06 bits per heavy atom. The SMILES string of the molecule is Cc1c(C(O)NC2CCC(Nc3cccc4nc(C(F)(F)F)cn34)CC2)oc2ccccc12. The Morgan fingerprint density at radius 2 is 1.79 bits per heavy atom. The largest absolute Gasteiger partial charge is 0.457 e. The summed E-state index contributed by atoms with van der Waals surface area (Å²) in [6.07, 6.45) is -1.07. The van der Waals surface area contributed by atoms with E-state index in [1.165, 1.54) is 4.40 Å². The number of furan rings is 1. The van der Waals surface area contributed by atoms with Gasteiger partial charge in [-0.1, -0.05) is 24.3 Å². The minimum Gasteiger partial charge on any atom is -0.457 e. The van der Waals surface area contributed by atoms with Crippen LogP contribution < -0.4 is 10.6 Å². The van der Waals surface area contributed by atoms with E-state index in [1.54, 1.807) is 18.2 Å². The van der Waals surface area contributed by atoms with Gasteiger partial charge in [0.05, 0.1) is 0 Å². The first-order chi connectivity index (χ1) is 15.8. The molecule has 5 rings (SSSR count). The van der Waals surface area contributed by atoms with Crippen LogP contribution in [0.2, 0.25) is 0 Å². The second kappa shape index (κ2) is 8.39. The zero-order valence-corrected chi connectivity index (χ0v) is 18.1. The fraction of sp³-hybridized carbons (Fsp3) is 0.375. The molecule has 0 bridgehead atoms. The lowest BCUT2D eigenvalue weighted by atomic mass is 9.91. The summed E-state index contributed by atoms with van der Waals surface area (Å²) < 4.78 is 46.4. The lowest BCUT2D eigenvalue weighted by Gasteiger charge is -2.31. The number of alkyl halides is 3. The van der Waals surface area contributed by atoms with Gasteiger partial charge >= 0.3 is 6.18 Å². The molecule has 6 nitrogen and oxygen atoms in total. The van der Waals surface area contributed by atoms with E-state index in [0.29, 0.717) is 11.6 Å². The fourth-order valence-electron chi connectivity index (χ4n) is 4.63. The van der Waals surface area contributed by atoms with Gasteiger partial charge in [-0.25, -0.2) is 4.98 Å². The van der Waals surface area contributed by atoms with Gasteiger partial charge in [0.1, 0.15) is 17.0 Å². The zero-order valence-electron chi connectivity index (χ0n) is 18.1. The molecule has 0 aliphatic heterocycles. The monoisotopic (exact) mass is 458 g/mol. The number of anilines is 1. The highest BCUT2D eigenvalue weighted by Crippen LogP contribution is 2.32. The van der Waals surface area contributed by atoms with Crippen LogP contribution in [0.15, 0.2) is 53.1 Å². The molecule has 0 saturated heterocycles. The van der Waals surface area contributed by atoms with E-state index in [4.69, 9.17) is 4.42 Å².